The maximum absolute atomic E-state index is 12.9. The molecule has 0 aromatic heterocycles. The molecule has 0 spiro atoms. The van der Waals surface area contributed by atoms with Crippen LogP contribution in [0.15, 0.2) is 42.5 Å². The van der Waals surface area contributed by atoms with Crippen molar-refractivity contribution in [2.75, 3.05) is 24.6 Å². The number of hydrogen-bond acceptors (Lipinski definition) is 3. The molecule has 1 saturated heterocycles. The first-order chi connectivity index (χ1) is 12.4. The van der Waals surface area contributed by atoms with Crippen molar-refractivity contribution in [3.05, 3.63) is 65.0 Å². The minimum absolute atomic E-state index is 0.0238. The molecule has 2 amide bonds. The second-order valence-corrected chi connectivity index (χ2v) is 6.42. The maximum Gasteiger partial charge on any atom is 0.253 e. The van der Waals surface area contributed by atoms with Gasteiger partial charge in [-0.1, -0.05) is 6.07 Å². The van der Waals surface area contributed by atoms with Crippen molar-refractivity contribution >= 4 is 17.5 Å². The number of carbonyl (C=O) groups is 2. The number of morpholine rings is 1. The number of amides is 2. The molecule has 2 aromatic carbocycles. The largest absolute Gasteiger partial charge is 0.365 e. The van der Waals surface area contributed by atoms with Crippen LogP contribution in [0, 0.1) is 19.7 Å². The molecular formula is C20H21FN2O3. The summed E-state index contributed by atoms with van der Waals surface area (Å²) in [6.07, 6.45) is -0.307. The number of nitrogens with one attached hydrogen (secondary N) is 1. The Labute approximate surface area is 151 Å². The van der Waals surface area contributed by atoms with Crippen LogP contribution in [0.1, 0.15) is 21.5 Å². The normalized spacial score (nSPS) is 17.3. The van der Waals surface area contributed by atoms with Crippen molar-refractivity contribution < 1.29 is 18.7 Å². The average molecular weight is 356 g/mol. The summed E-state index contributed by atoms with van der Waals surface area (Å²) in [5.74, 6) is -0.794. The first-order valence-corrected chi connectivity index (χ1v) is 8.47. The van der Waals surface area contributed by atoms with Gasteiger partial charge in [0.1, 0.15) is 12.4 Å². The predicted molar refractivity (Wildman–Crippen MR) is 96.7 cm³/mol. The second-order valence-electron chi connectivity index (χ2n) is 6.42. The summed E-state index contributed by atoms with van der Waals surface area (Å²) in [5.41, 5.74) is 3.49. The minimum atomic E-state index is -0.389. The molecule has 0 aliphatic carbocycles. The molecular weight excluding hydrogens is 335 g/mol. The molecule has 0 saturated carbocycles. The van der Waals surface area contributed by atoms with E-state index < -0.39 is 0 Å². The average Bonchev–Trinajstić information content (AvgIpc) is 2.63. The summed E-state index contributed by atoms with van der Waals surface area (Å²) in [6.45, 7) is 4.64. The Kier molecular flexibility index (Phi) is 5.32. The summed E-state index contributed by atoms with van der Waals surface area (Å²) >= 11 is 0. The molecule has 1 unspecified atom stereocenters. The second kappa shape index (κ2) is 7.66. The third-order valence-electron chi connectivity index (χ3n) is 4.53. The molecule has 0 radical (unpaired) electrons. The zero-order chi connectivity index (χ0) is 18.7. The SMILES string of the molecule is Cc1ccc(N2CC(CNC(=O)c3ccc(F)cc3)OCC2=O)cc1C. The number of ether oxygens (including phenoxy) is 1. The molecule has 1 heterocycles. The van der Waals surface area contributed by atoms with Crippen LogP contribution in [-0.2, 0) is 9.53 Å². The Hall–Kier alpha value is -2.73. The third kappa shape index (κ3) is 4.08. The molecule has 26 heavy (non-hydrogen) atoms. The highest BCUT2D eigenvalue weighted by Crippen LogP contribution is 2.21. The number of rotatable bonds is 4. The highest BCUT2D eigenvalue weighted by atomic mass is 19.1. The van der Waals surface area contributed by atoms with E-state index >= 15 is 0 Å². The van der Waals surface area contributed by atoms with E-state index in [1.54, 1.807) is 4.90 Å². The molecule has 5 nitrogen and oxygen atoms in total. The molecule has 1 atom stereocenters. The van der Waals surface area contributed by atoms with Gasteiger partial charge < -0.3 is 15.0 Å². The van der Waals surface area contributed by atoms with E-state index in [1.165, 1.54) is 24.3 Å². The van der Waals surface area contributed by atoms with Crippen LogP contribution >= 0.6 is 0 Å². The smallest absolute Gasteiger partial charge is 0.253 e. The van der Waals surface area contributed by atoms with Crippen LogP contribution in [-0.4, -0.2) is 37.6 Å². The van der Waals surface area contributed by atoms with Gasteiger partial charge in [0.15, 0.2) is 0 Å². The Balaban J connectivity index is 1.62. The number of hydrogen-bond donors (Lipinski definition) is 1. The number of nitrogens with zero attached hydrogens (tertiary/aromatic N) is 1. The Morgan fingerprint density at radius 1 is 1.19 bits per heavy atom. The molecule has 2 aromatic rings. The van der Waals surface area contributed by atoms with E-state index in [0.29, 0.717) is 12.1 Å². The van der Waals surface area contributed by atoms with Gasteiger partial charge in [0.2, 0.25) is 0 Å². The fraction of sp³-hybridized carbons (Fsp3) is 0.300. The van der Waals surface area contributed by atoms with Gasteiger partial charge >= 0.3 is 0 Å². The first kappa shape index (κ1) is 18.1. The quantitative estimate of drug-likeness (QED) is 0.916. The lowest BCUT2D eigenvalue weighted by Crippen LogP contribution is -2.50. The molecule has 1 aliphatic heterocycles. The van der Waals surface area contributed by atoms with Crippen LogP contribution in [0.2, 0.25) is 0 Å². The number of aryl methyl sites for hydroxylation is 2. The number of halogens is 1. The molecule has 136 valence electrons. The first-order valence-electron chi connectivity index (χ1n) is 8.47. The summed E-state index contributed by atoms with van der Waals surface area (Å²) in [7, 11) is 0. The summed E-state index contributed by atoms with van der Waals surface area (Å²) in [4.78, 5) is 26.0. The van der Waals surface area contributed by atoms with Gasteiger partial charge in [-0.3, -0.25) is 9.59 Å². The van der Waals surface area contributed by atoms with Crippen molar-refractivity contribution in [2.45, 2.75) is 20.0 Å². The van der Waals surface area contributed by atoms with Crippen molar-refractivity contribution in [1.82, 2.24) is 5.32 Å². The minimum Gasteiger partial charge on any atom is -0.365 e. The molecule has 3 rings (SSSR count). The fourth-order valence-corrected chi connectivity index (χ4v) is 2.80. The molecule has 1 N–H and O–H groups in total. The van der Waals surface area contributed by atoms with Gasteiger partial charge in [0, 0.05) is 17.8 Å². The number of benzene rings is 2. The monoisotopic (exact) mass is 356 g/mol. The van der Waals surface area contributed by atoms with E-state index in [-0.39, 0.29) is 36.9 Å². The van der Waals surface area contributed by atoms with Crippen LogP contribution in [0.5, 0.6) is 0 Å². The lowest BCUT2D eigenvalue weighted by molar-refractivity contribution is -0.129. The molecule has 6 heteroatoms. The van der Waals surface area contributed by atoms with E-state index in [0.717, 1.165) is 16.8 Å². The number of anilines is 1. The van der Waals surface area contributed by atoms with E-state index in [2.05, 4.69) is 5.32 Å². The van der Waals surface area contributed by atoms with Crippen LogP contribution in [0.4, 0.5) is 10.1 Å². The molecule has 1 aliphatic rings. The topological polar surface area (TPSA) is 58.6 Å². The van der Waals surface area contributed by atoms with Gasteiger partial charge in [0.05, 0.1) is 12.6 Å². The zero-order valence-corrected chi connectivity index (χ0v) is 14.8. The van der Waals surface area contributed by atoms with Crippen molar-refractivity contribution in [3.63, 3.8) is 0 Å². The lowest BCUT2D eigenvalue weighted by Gasteiger charge is -2.33. The van der Waals surface area contributed by atoms with Crippen molar-refractivity contribution in [3.8, 4) is 0 Å². The van der Waals surface area contributed by atoms with Crippen LogP contribution in [0.25, 0.3) is 0 Å². The summed E-state index contributed by atoms with van der Waals surface area (Å²) in [5, 5.41) is 2.77. The summed E-state index contributed by atoms with van der Waals surface area (Å²) < 4.78 is 18.5. The predicted octanol–water partition coefficient (Wildman–Crippen LogP) is 2.60. The molecule has 1 fully saturated rings. The summed E-state index contributed by atoms with van der Waals surface area (Å²) in [6, 6.07) is 11.2. The van der Waals surface area contributed by atoms with Crippen molar-refractivity contribution in [1.29, 1.82) is 0 Å². The van der Waals surface area contributed by atoms with Gasteiger partial charge in [-0.15, -0.1) is 0 Å². The Bertz CT molecular complexity index is 820. The highest BCUT2D eigenvalue weighted by Gasteiger charge is 2.28. The third-order valence-corrected chi connectivity index (χ3v) is 4.53. The standard InChI is InChI=1S/C20H21FN2O3/c1-13-3-8-17(9-14(13)2)23-11-18(26-12-19(23)24)10-22-20(25)15-4-6-16(21)7-5-15/h3-9,18H,10-12H2,1-2H3,(H,22,25). The van der Waals surface area contributed by atoms with Crippen molar-refractivity contribution in [2.24, 2.45) is 0 Å². The van der Waals surface area contributed by atoms with Gasteiger partial charge in [-0.05, 0) is 61.4 Å². The molecule has 0 bridgehead atoms. The van der Waals surface area contributed by atoms with Crippen LogP contribution < -0.4 is 10.2 Å². The lowest BCUT2D eigenvalue weighted by atomic mass is 10.1. The van der Waals surface area contributed by atoms with E-state index in [4.69, 9.17) is 4.74 Å². The highest BCUT2D eigenvalue weighted by molar-refractivity contribution is 5.95. The van der Waals surface area contributed by atoms with E-state index in [1.807, 2.05) is 32.0 Å². The van der Waals surface area contributed by atoms with Gasteiger partial charge in [0.25, 0.3) is 11.8 Å². The Morgan fingerprint density at radius 2 is 1.92 bits per heavy atom. The Morgan fingerprint density at radius 3 is 2.62 bits per heavy atom. The van der Waals surface area contributed by atoms with Gasteiger partial charge in [-0.2, -0.15) is 0 Å². The van der Waals surface area contributed by atoms with Gasteiger partial charge in [-0.25, -0.2) is 4.39 Å². The number of carbonyl (C=O) groups excluding carboxylic acids is 2. The van der Waals surface area contributed by atoms with Crippen LogP contribution in [0.3, 0.4) is 0 Å². The maximum atomic E-state index is 12.9. The zero-order valence-electron chi connectivity index (χ0n) is 14.8. The van der Waals surface area contributed by atoms with E-state index in [9.17, 15) is 14.0 Å². The fourth-order valence-electron chi connectivity index (χ4n) is 2.80.